The van der Waals surface area contributed by atoms with Gasteiger partial charge in [0.25, 0.3) is 0 Å². The van der Waals surface area contributed by atoms with Gasteiger partial charge >= 0.3 is 12.3 Å². The number of nitrogens with zero attached hydrogens (tertiary/aromatic N) is 1. The maximum absolute atomic E-state index is 12.5. The summed E-state index contributed by atoms with van der Waals surface area (Å²) < 4.78 is 38.0. The summed E-state index contributed by atoms with van der Waals surface area (Å²) in [4.78, 5) is 11.9. The first-order valence-electron chi connectivity index (χ1n) is 6.11. The molecule has 1 amide bonds. The van der Waals surface area contributed by atoms with Crippen molar-refractivity contribution in [3.63, 3.8) is 0 Å². The van der Waals surface area contributed by atoms with Gasteiger partial charge in [-0.1, -0.05) is 22.0 Å². The highest BCUT2D eigenvalue weighted by atomic mass is 79.9. The van der Waals surface area contributed by atoms with Gasteiger partial charge in [0.05, 0.1) is 5.56 Å². The van der Waals surface area contributed by atoms with E-state index in [1.165, 1.54) is 11.0 Å². The molecule has 0 saturated carbocycles. The number of carboxylic acid groups (broad SMARTS) is 1. The van der Waals surface area contributed by atoms with E-state index in [1.807, 2.05) is 0 Å². The van der Waals surface area contributed by atoms with Crippen LogP contribution in [0, 0.1) is 5.92 Å². The van der Waals surface area contributed by atoms with Crippen LogP contribution >= 0.6 is 15.9 Å². The average molecular weight is 352 g/mol. The second kappa shape index (κ2) is 5.63. The van der Waals surface area contributed by atoms with Crippen LogP contribution in [0.15, 0.2) is 22.7 Å². The summed E-state index contributed by atoms with van der Waals surface area (Å²) in [5.74, 6) is 0.292. The molecule has 0 unspecified atom stereocenters. The van der Waals surface area contributed by atoms with Crippen LogP contribution in [0.5, 0.6) is 0 Å². The molecule has 0 aliphatic carbocycles. The van der Waals surface area contributed by atoms with Crippen molar-refractivity contribution in [2.75, 3.05) is 13.1 Å². The highest BCUT2D eigenvalue weighted by Crippen LogP contribution is 2.33. The van der Waals surface area contributed by atoms with E-state index in [-0.39, 0.29) is 0 Å². The van der Waals surface area contributed by atoms with E-state index in [4.69, 9.17) is 5.11 Å². The molecular formula is C13H13BrF3NO2. The van der Waals surface area contributed by atoms with E-state index in [9.17, 15) is 18.0 Å². The fourth-order valence-corrected chi connectivity index (χ4v) is 2.77. The first kappa shape index (κ1) is 15.2. The van der Waals surface area contributed by atoms with Crippen molar-refractivity contribution in [1.29, 1.82) is 0 Å². The van der Waals surface area contributed by atoms with E-state index in [2.05, 4.69) is 15.9 Å². The number of hydrogen-bond acceptors (Lipinski definition) is 1. The van der Waals surface area contributed by atoms with Crippen molar-refractivity contribution in [2.45, 2.75) is 19.0 Å². The third kappa shape index (κ3) is 3.45. The average Bonchev–Trinajstić information content (AvgIpc) is 2.26. The van der Waals surface area contributed by atoms with Crippen molar-refractivity contribution >= 4 is 22.0 Å². The first-order chi connectivity index (χ1) is 9.27. The quantitative estimate of drug-likeness (QED) is 0.893. The Morgan fingerprint density at radius 3 is 2.55 bits per heavy atom. The van der Waals surface area contributed by atoms with Gasteiger partial charge in [0.1, 0.15) is 0 Å². The molecule has 0 radical (unpaired) electrons. The third-order valence-electron chi connectivity index (χ3n) is 3.43. The SMILES string of the molecule is O=C(O)N1CC(CCc2ccc(C(F)(F)F)cc2Br)C1. The van der Waals surface area contributed by atoms with Crippen molar-refractivity contribution in [1.82, 2.24) is 4.90 Å². The van der Waals surface area contributed by atoms with Gasteiger partial charge in [-0.15, -0.1) is 0 Å². The lowest BCUT2D eigenvalue weighted by Crippen LogP contribution is -2.49. The van der Waals surface area contributed by atoms with E-state index < -0.39 is 17.8 Å². The monoisotopic (exact) mass is 351 g/mol. The molecule has 1 saturated heterocycles. The highest BCUT2D eigenvalue weighted by Gasteiger charge is 2.32. The Hall–Kier alpha value is -1.24. The summed E-state index contributed by atoms with van der Waals surface area (Å²) in [7, 11) is 0. The first-order valence-corrected chi connectivity index (χ1v) is 6.90. The topological polar surface area (TPSA) is 40.5 Å². The van der Waals surface area contributed by atoms with Gasteiger partial charge in [-0.3, -0.25) is 0 Å². The molecule has 0 aromatic heterocycles. The zero-order valence-corrected chi connectivity index (χ0v) is 12.0. The molecule has 7 heteroatoms. The molecule has 1 aromatic carbocycles. The Bertz CT molecular complexity index is 513. The van der Waals surface area contributed by atoms with Gasteiger partial charge in [-0.25, -0.2) is 4.79 Å². The Balaban J connectivity index is 1.90. The maximum atomic E-state index is 12.5. The van der Waals surface area contributed by atoms with Crippen molar-refractivity contribution in [3.05, 3.63) is 33.8 Å². The number of carbonyl (C=O) groups is 1. The van der Waals surface area contributed by atoms with Crippen LogP contribution in [0.3, 0.4) is 0 Å². The minimum atomic E-state index is -4.34. The zero-order chi connectivity index (χ0) is 14.9. The molecule has 0 bridgehead atoms. The fraction of sp³-hybridized carbons (Fsp3) is 0.462. The van der Waals surface area contributed by atoms with Gasteiger partial charge in [0.15, 0.2) is 0 Å². The summed E-state index contributed by atoms with van der Waals surface area (Å²) >= 11 is 3.16. The Morgan fingerprint density at radius 1 is 1.40 bits per heavy atom. The molecule has 1 aliphatic heterocycles. The van der Waals surface area contributed by atoms with E-state index in [1.54, 1.807) is 0 Å². The van der Waals surface area contributed by atoms with Crippen LogP contribution in [0.2, 0.25) is 0 Å². The molecule has 1 aromatic rings. The van der Waals surface area contributed by atoms with Crippen LogP contribution in [0.4, 0.5) is 18.0 Å². The molecule has 0 spiro atoms. The number of likely N-dealkylation sites (tertiary alicyclic amines) is 1. The zero-order valence-electron chi connectivity index (χ0n) is 10.5. The summed E-state index contributed by atoms with van der Waals surface area (Å²) in [5.41, 5.74) is 0.139. The van der Waals surface area contributed by atoms with Crippen LogP contribution in [0.25, 0.3) is 0 Å². The number of alkyl halides is 3. The number of halogens is 4. The number of hydrogen-bond donors (Lipinski definition) is 1. The Labute approximate surface area is 122 Å². The predicted octanol–water partition coefficient (Wildman–Crippen LogP) is 4.01. The highest BCUT2D eigenvalue weighted by molar-refractivity contribution is 9.10. The predicted molar refractivity (Wildman–Crippen MR) is 70.6 cm³/mol. The lowest BCUT2D eigenvalue weighted by molar-refractivity contribution is -0.137. The van der Waals surface area contributed by atoms with Gasteiger partial charge in [0.2, 0.25) is 0 Å². The largest absolute Gasteiger partial charge is 0.465 e. The van der Waals surface area contributed by atoms with Crippen LogP contribution in [0.1, 0.15) is 17.5 Å². The molecule has 1 fully saturated rings. The summed E-state index contributed by atoms with van der Waals surface area (Å²) in [6, 6.07) is 3.63. The van der Waals surface area contributed by atoms with Crippen molar-refractivity contribution in [2.24, 2.45) is 5.92 Å². The molecule has 0 atom stereocenters. The molecule has 1 heterocycles. The summed E-state index contributed by atoms with van der Waals surface area (Å²) in [5, 5.41) is 8.70. The summed E-state index contributed by atoms with van der Waals surface area (Å²) in [6.45, 7) is 1.02. The van der Waals surface area contributed by atoms with Gasteiger partial charge in [-0.2, -0.15) is 13.2 Å². The van der Waals surface area contributed by atoms with Gasteiger partial charge in [0, 0.05) is 17.6 Å². The Morgan fingerprint density at radius 2 is 2.05 bits per heavy atom. The number of benzene rings is 1. The normalized spacial score (nSPS) is 16.1. The minimum absolute atomic E-state index is 0.292. The van der Waals surface area contributed by atoms with Crippen LogP contribution in [-0.4, -0.2) is 29.2 Å². The van der Waals surface area contributed by atoms with E-state index in [0.717, 1.165) is 24.1 Å². The molecule has 110 valence electrons. The van der Waals surface area contributed by atoms with E-state index in [0.29, 0.717) is 29.9 Å². The molecule has 1 N–H and O–H groups in total. The number of rotatable bonds is 3. The lowest BCUT2D eigenvalue weighted by Gasteiger charge is -2.37. The molecule has 3 nitrogen and oxygen atoms in total. The Kier molecular flexibility index (Phi) is 4.27. The van der Waals surface area contributed by atoms with Crippen LogP contribution in [-0.2, 0) is 12.6 Å². The fourth-order valence-electron chi connectivity index (χ4n) is 2.19. The lowest BCUT2D eigenvalue weighted by atomic mass is 9.93. The minimum Gasteiger partial charge on any atom is -0.465 e. The maximum Gasteiger partial charge on any atom is 0.416 e. The molecule has 20 heavy (non-hydrogen) atoms. The van der Waals surface area contributed by atoms with Gasteiger partial charge in [-0.05, 0) is 36.5 Å². The second-order valence-corrected chi connectivity index (χ2v) is 5.75. The van der Waals surface area contributed by atoms with E-state index >= 15 is 0 Å². The van der Waals surface area contributed by atoms with Crippen LogP contribution < -0.4 is 0 Å². The van der Waals surface area contributed by atoms with Crippen molar-refractivity contribution in [3.8, 4) is 0 Å². The third-order valence-corrected chi connectivity index (χ3v) is 4.17. The smallest absolute Gasteiger partial charge is 0.416 e. The molecular weight excluding hydrogens is 339 g/mol. The van der Waals surface area contributed by atoms with Gasteiger partial charge < -0.3 is 10.0 Å². The second-order valence-electron chi connectivity index (χ2n) is 4.90. The summed E-state index contributed by atoms with van der Waals surface area (Å²) in [6.07, 6.45) is -3.85. The number of amides is 1. The standard InChI is InChI=1S/C13H13BrF3NO2/c14-11-5-10(13(15,16)17)4-3-9(11)2-1-8-6-18(7-8)12(19)20/h3-5,8H,1-2,6-7H2,(H,19,20). The van der Waals surface area contributed by atoms with Crippen molar-refractivity contribution < 1.29 is 23.1 Å². The molecule has 1 aliphatic rings. The molecule has 2 rings (SSSR count). The number of aryl methyl sites for hydroxylation is 1.